The van der Waals surface area contributed by atoms with Gasteiger partial charge in [-0.2, -0.15) is 5.10 Å². The lowest BCUT2D eigenvalue weighted by atomic mass is 10.0. The molecule has 0 saturated carbocycles. The van der Waals surface area contributed by atoms with E-state index in [0.717, 1.165) is 36.9 Å². The Hall–Kier alpha value is -2.74. The van der Waals surface area contributed by atoms with Gasteiger partial charge in [0.05, 0.1) is 28.4 Å². The highest BCUT2D eigenvalue weighted by molar-refractivity contribution is 6.33. The van der Waals surface area contributed by atoms with E-state index in [2.05, 4.69) is 20.4 Å². The van der Waals surface area contributed by atoms with Crippen molar-refractivity contribution >= 4 is 34.0 Å². The summed E-state index contributed by atoms with van der Waals surface area (Å²) in [4.78, 5) is 26.6. The van der Waals surface area contributed by atoms with Crippen molar-refractivity contribution in [2.75, 3.05) is 39.2 Å². The molecule has 31 heavy (non-hydrogen) atoms. The molecule has 7 nitrogen and oxygen atoms in total. The van der Waals surface area contributed by atoms with Gasteiger partial charge in [0.1, 0.15) is 0 Å². The number of rotatable bonds is 10. The Labute approximate surface area is 186 Å². The number of aromatic nitrogens is 2. The predicted molar refractivity (Wildman–Crippen MR) is 125 cm³/mol. The summed E-state index contributed by atoms with van der Waals surface area (Å²) >= 11 is 6.31. The number of fused-ring (bicyclic) bond motifs is 1. The van der Waals surface area contributed by atoms with E-state index in [-0.39, 0.29) is 11.5 Å². The number of amides is 1. The molecule has 0 unspecified atom stereocenters. The number of H-pyrrole nitrogens is 1. The molecule has 2 aromatic carbocycles. The van der Waals surface area contributed by atoms with Gasteiger partial charge in [-0.25, -0.2) is 5.10 Å². The molecule has 0 aliphatic carbocycles. The van der Waals surface area contributed by atoms with Gasteiger partial charge in [-0.15, -0.1) is 0 Å². The Bertz CT molecular complexity index is 1100. The molecule has 0 aliphatic rings. The molecular formula is C23H27ClN4O3. The molecule has 0 radical (unpaired) electrons. The van der Waals surface area contributed by atoms with Crippen LogP contribution in [0.4, 0.5) is 5.69 Å². The largest absolute Gasteiger partial charge is 0.383 e. The normalized spacial score (nSPS) is 11.2. The maximum absolute atomic E-state index is 12.4. The summed E-state index contributed by atoms with van der Waals surface area (Å²) in [6, 6.07) is 12.6. The van der Waals surface area contributed by atoms with Crippen molar-refractivity contribution < 1.29 is 9.53 Å². The number of nitrogens with zero attached hydrogens (tertiary/aromatic N) is 2. The highest BCUT2D eigenvalue weighted by Crippen LogP contribution is 2.30. The van der Waals surface area contributed by atoms with Gasteiger partial charge in [0.2, 0.25) is 5.91 Å². The third-order valence-electron chi connectivity index (χ3n) is 5.08. The molecule has 0 bridgehead atoms. The van der Waals surface area contributed by atoms with Crippen LogP contribution in [0, 0.1) is 0 Å². The van der Waals surface area contributed by atoms with E-state index in [0.29, 0.717) is 34.8 Å². The topological polar surface area (TPSA) is 87.3 Å². The highest BCUT2D eigenvalue weighted by Gasteiger charge is 2.12. The van der Waals surface area contributed by atoms with Crippen molar-refractivity contribution in [2.24, 2.45) is 0 Å². The highest BCUT2D eigenvalue weighted by atomic mass is 35.5. The maximum Gasteiger partial charge on any atom is 0.272 e. The summed E-state index contributed by atoms with van der Waals surface area (Å²) in [6.45, 7) is 2.49. The molecular weight excluding hydrogens is 416 g/mol. The van der Waals surface area contributed by atoms with Crippen LogP contribution in [-0.4, -0.2) is 54.9 Å². The van der Waals surface area contributed by atoms with E-state index in [1.54, 1.807) is 25.3 Å². The third-order valence-corrected chi connectivity index (χ3v) is 5.41. The van der Waals surface area contributed by atoms with E-state index >= 15 is 0 Å². The van der Waals surface area contributed by atoms with Crippen molar-refractivity contribution in [3.05, 3.63) is 57.8 Å². The van der Waals surface area contributed by atoms with Crippen molar-refractivity contribution in [3.63, 3.8) is 0 Å². The first-order valence-corrected chi connectivity index (χ1v) is 10.6. The van der Waals surface area contributed by atoms with Gasteiger partial charge < -0.3 is 15.0 Å². The van der Waals surface area contributed by atoms with Crippen molar-refractivity contribution in [1.29, 1.82) is 0 Å². The summed E-state index contributed by atoms with van der Waals surface area (Å²) < 4.78 is 5.07. The number of benzene rings is 2. The zero-order valence-electron chi connectivity index (χ0n) is 17.8. The third kappa shape index (κ3) is 6.13. The number of hydrogen-bond acceptors (Lipinski definition) is 5. The van der Waals surface area contributed by atoms with E-state index in [1.165, 1.54) is 0 Å². The number of halogens is 1. The number of methoxy groups -OCH3 is 1. The zero-order valence-corrected chi connectivity index (χ0v) is 18.5. The van der Waals surface area contributed by atoms with Gasteiger partial charge in [0, 0.05) is 31.0 Å². The summed E-state index contributed by atoms with van der Waals surface area (Å²) in [5.41, 5.74) is 1.67. The van der Waals surface area contributed by atoms with Crippen molar-refractivity contribution in [3.8, 4) is 11.3 Å². The van der Waals surface area contributed by atoms with Gasteiger partial charge in [-0.3, -0.25) is 9.59 Å². The van der Waals surface area contributed by atoms with Gasteiger partial charge in [-0.1, -0.05) is 35.9 Å². The molecule has 1 amide bonds. The number of aromatic amines is 1. The first kappa shape index (κ1) is 22.9. The SMILES string of the molecule is COCCN(C)CCCCC(=O)Nc1cc(-c2n[nH]c(=O)c3ccccc23)ccc1Cl. The lowest BCUT2D eigenvalue weighted by Gasteiger charge is -2.15. The second kappa shape index (κ2) is 11.0. The number of carbonyl (C=O) groups is 1. The number of carbonyl (C=O) groups excluding carboxylic acids is 1. The Morgan fingerprint density at radius 3 is 2.71 bits per heavy atom. The standard InChI is InChI=1S/C23H27ClN4O3/c1-28(13-14-31-2)12-6-5-9-21(29)25-20-15-16(10-11-19(20)24)22-17-7-3-4-8-18(17)23(30)27-26-22/h3-4,7-8,10-11,15H,5-6,9,12-14H2,1-2H3,(H,25,29)(H,27,30). The van der Waals surface area contributed by atoms with E-state index in [1.807, 2.05) is 31.3 Å². The number of hydrogen-bond donors (Lipinski definition) is 2. The Morgan fingerprint density at radius 2 is 1.94 bits per heavy atom. The number of ether oxygens (including phenoxy) is 1. The Balaban J connectivity index is 1.66. The minimum Gasteiger partial charge on any atom is -0.383 e. The monoisotopic (exact) mass is 442 g/mol. The lowest BCUT2D eigenvalue weighted by Crippen LogP contribution is -2.24. The Morgan fingerprint density at radius 1 is 1.16 bits per heavy atom. The quantitative estimate of drug-likeness (QED) is 0.464. The minimum absolute atomic E-state index is 0.0853. The molecule has 0 aliphatic heterocycles. The van der Waals surface area contributed by atoms with Crippen molar-refractivity contribution in [1.82, 2.24) is 15.1 Å². The zero-order chi connectivity index (χ0) is 22.2. The molecule has 3 aromatic rings. The van der Waals surface area contributed by atoms with Crippen LogP contribution in [0.1, 0.15) is 19.3 Å². The molecule has 1 aromatic heterocycles. The van der Waals surface area contributed by atoms with Crippen LogP contribution in [0.3, 0.4) is 0 Å². The van der Waals surface area contributed by atoms with Crippen molar-refractivity contribution in [2.45, 2.75) is 19.3 Å². The molecule has 2 N–H and O–H groups in total. The smallest absolute Gasteiger partial charge is 0.272 e. The second-order valence-electron chi connectivity index (χ2n) is 7.44. The van der Waals surface area contributed by atoms with Crippen LogP contribution < -0.4 is 10.9 Å². The second-order valence-corrected chi connectivity index (χ2v) is 7.85. The molecule has 0 fully saturated rings. The van der Waals surface area contributed by atoms with Gasteiger partial charge in [-0.05, 0) is 44.6 Å². The van der Waals surface area contributed by atoms with Gasteiger partial charge >= 0.3 is 0 Å². The fourth-order valence-corrected chi connectivity index (χ4v) is 3.51. The van der Waals surface area contributed by atoms with E-state index in [4.69, 9.17) is 16.3 Å². The van der Waals surface area contributed by atoms with E-state index < -0.39 is 0 Å². The fraction of sp³-hybridized carbons (Fsp3) is 0.348. The Kier molecular flexibility index (Phi) is 8.17. The van der Waals surface area contributed by atoms with Gasteiger partial charge in [0.15, 0.2) is 0 Å². The first-order chi connectivity index (χ1) is 15.0. The molecule has 164 valence electrons. The van der Waals surface area contributed by atoms with Crippen LogP contribution in [0.5, 0.6) is 0 Å². The lowest BCUT2D eigenvalue weighted by molar-refractivity contribution is -0.116. The maximum atomic E-state index is 12.4. The fourth-order valence-electron chi connectivity index (χ4n) is 3.34. The molecule has 8 heteroatoms. The van der Waals surface area contributed by atoms with Crippen LogP contribution >= 0.6 is 11.6 Å². The molecule has 0 spiro atoms. The number of likely N-dealkylation sites (N-methyl/N-ethyl adjacent to an activating group) is 1. The van der Waals surface area contributed by atoms with E-state index in [9.17, 15) is 9.59 Å². The summed E-state index contributed by atoms with van der Waals surface area (Å²) in [7, 11) is 3.73. The predicted octanol–water partition coefficient (Wildman–Crippen LogP) is 3.93. The molecule has 3 rings (SSSR count). The first-order valence-electron chi connectivity index (χ1n) is 10.2. The average Bonchev–Trinajstić information content (AvgIpc) is 2.77. The number of unbranched alkanes of at least 4 members (excludes halogenated alkanes) is 1. The molecule has 0 atom stereocenters. The molecule has 0 saturated heterocycles. The average molecular weight is 443 g/mol. The van der Waals surface area contributed by atoms with Gasteiger partial charge in [0.25, 0.3) is 5.56 Å². The van der Waals surface area contributed by atoms with Crippen LogP contribution in [0.25, 0.3) is 22.0 Å². The number of nitrogens with one attached hydrogen (secondary N) is 2. The number of anilines is 1. The summed E-state index contributed by atoms with van der Waals surface area (Å²) in [5, 5.41) is 11.4. The van der Waals surface area contributed by atoms with Crippen LogP contribution in [0.2, 0.25) is 5.02 Å². The molecule has 1 heterocycles. The minimum atomic E-state index is -0.241. The summed E-state index contributed by atoms with van der Waals surface area (Å²) in [6.07, 6.45) is 2.12. The summed E-state index contributed by atoms with van der Waals surface area (Å²) in [5.74, 6) is -0.0853. The van der Waals surface area contributed by atoms with Crippen LogP contribution in [-0.2, 0) is 9.53 Å². The van der Waals surface area contributed by atoms with Crippen LogP contribution in [0.15, 0.2) is 47.3 Å².